The van der Waals surface area contributed by atoms with E-state index in [2.05, 4.69) is 168 Å². The summed E-state index contributed by atoms with van der Waals surface area (Å²) >= 11 is 0. The fraction of sp³-hybridized carbons (Fsp3) is 0.250. The fourth-order valence-electron chi connectivity index (χ4n) is 5.83. The van der Waals surface area contributed by atoms with Gasteiger partial charge in [0.05, 0.1) is 0 Å². The second kappa shape index (κ2) is 14.6. The van der Waals surface area contributed by atoms with E-state index in [1.54, 1.807) is 0 Å². The Labute approximate surface area is 248 Å². The van der Waals surface area contributed by atoms with Crippen molar-refractivity contribution in [1.82, 2.24) is 5.32 Å². The van der Waals surface area contributed by atoms with E-state index in [1.807, 2.05) is 0 Å². The summed E-state index contributed by atoms with van der Waals surface area (Å²) in [6, 6.07) is 44.6. The summed E-state index contributed by atoms with van der Waals surface area (Å²) in [5.74, 6) is 0.411. The molecule has 210 valence electrons. The fourth-order valence-corrected chi connectivity index (χ4v) is 5.83. The van der Waals surface area contributed by atoms with Gasteiger partial charge in [0.2, 0.25) is 0 Å². The van der Waals surface area contributed by atoms with Gasteiger partial charge < -0.3 is 5.32 Å². The van der Waals surface area contributed by atoms with Crippen molar-refractivity contribution in [1.29, 1.82) is 0 Å². The predicted molar refractivity (Wildman–Crippen MR) is 177 cm³/mol. The molecule has 0 atom stereocenters. The SMILES string of the molecule is CCNCC.Cc1ccccc1C(c1ccc(C(c2ccccc2C)c2ccccc2C)cc1)c1ccccc1C. The van der Waals surface area contributed by atoms with Crippen LogP contribution < -0.4 is 5.32 Å². The Hall–Kier alpha value is -3.94. The first kappa shape index (κ1) is 30.0. The maximum absolute atomic E-state index is 3.11. The summed E-state index contributed by atoms with van der Waals surface area (Å²) < 4.78 is 0. The topological polar surface area (TPSA) is 12.0 Å². The molecule has 0 aliphatic heterocycles. The number of aryl methyl sites for hydroxylation is 4. The van der Waals surface area contributed by atoms with E-state index in [4.69, 9.17) is 0 Å². The van der Waals surface area contributed by atoms with Crippen LogP contribution in [0.25, 0.3) is 0 Å². The van der Waals surface area contributed by atoms with Crippen molar-refractivity contribution < 1.29 is 0 Å². The van der Waals surface area contributed by atoms with E-state index in [1.165, 1.54) is 55.6 Å². The number of hydrogen-bond acceptors (Lipinski definition) is 1. The largest absolute Gasteiger partial charge is 0.317 e. The third-order valence-corrected chi connectivity index (χ3v) is 8.10. The quantitative estimate of drug-likeness (QED) is 0.193. The molecule has 0 bridgehead atoms. The van der Waals surface area contributed by atoms with Crippen LogP contribution in [-0.4, -0.2) is 13.1 Å². The lowest BCUT2D eigenvalue weighted by Crippen LogP contribution is -2.09. The lowest BCUT2D eigenvalue weighted by molar-refractivity contribution is 0.762. The molecule has 0 aliphatic rings. The first-order valence-electron chi connectivity index (χ1n) is 15.0. The summed E-state index contributed by atoms with van der Waals surface area (Å²) in [7, 11) is 0. The summed E-state index contributed by atoms with van der Waals surface area (Å²) in [6.45, 7) is 15.3. The third-order valence-electron chi connectivity index (χ3n) is 8.10. The van der Waals surface area contributed by atoms with Crippen molar-refractivity contribution >= 4 is 0 Å². The van der Waals surface area contributed by atoms with E-state index >= 15 is 0 Å². The monoisotopic (exact) mass is 539 g/mol. The minimum Gasteiger partial charge on any atom is -0.317 e. The molecule has 5 aromatic carbocycles. The van der Waals surface area contributed by atoms with Crippen LogP contribution >= 0.6 is 0 Å². The van der Waals surface area contributed by atoms with Crippen LogP contribution in [0.3, 0.4) is 0 Å². The molecule has 0 spiro atoms. The standard InChI is InChI=1S/C36H34.C4H11N/c1-25-13-5-9-17-31(25)35(32-18-10-6-14-26(32)2)29-21-23-30(24-22-29)36(33-19-11-7-15-27(33)3)34-20-12-8-16-28(34)4;1-3-5-4-2/h5-24,35-36H,1-4H3;5H,3-4H2,1-2H3. The van der Waals surface area contributed by atoms with Crippen LogP contribution in [-0.2, 0) is 0 Å². The smallest absolute Gasteiger partial charge is 0.0345 e. The van der Waals surface area contributed by atoms with Gasteiger partial charge in [-0.3, -0.25) is 0 Å². The first-order valence-corrected chi connectivity index (χ1v) is 15.0. The highest BCUT2D eigenvalue weighted by molar-refractivity contribution is 5.52. The molecule has 0 aromatic heterocycles. The van der Waals surface area contributed by atoms with Gasteiger partial charge in [0, 0.05) is 11.8 Å². The second-order valence-corrected chi connectivity index (χ2v) is 10.9. The Kier molecular flexibility index (Phi) is 10.7. The van der Waals surface area contributed by atoms with Crippen LogP contribution in [0, 0.1) is 27.7 Å². The zero-order valence-corrected chi connectivity index (χ0v) is 25.6. The van der Waals surface area contributed by atoms with E-state index in [0.29, 0.717) is 0 Å². The normalized spacial score (nSPS) is 10.9. The molecule has 0 unspecified atom stereocenters. The maximum atomic E-state index is 3.11. The minimum absolute atomic E-state index is 0.205. The molecule has 0 saturated heterocycles. The molecule has 5 aromatic rings. The van der Waals surface area contributed by atoms with Gasteiger partial charge in [0.1, 0.15) is 0 Å². The van der Waals surface area contributed by atoms with Gasteiger partial charge in [-0.05, 0) is 96.4 Å². The molecular weight excluding hydrogens is 494 g/mol. The Morgan fingerprint density at radius 2 is 0.634 bits per heavy atom. The number of benzene rings is 5. The number of hydrogen-bond donors (Lipinski definition) is 1. The molecule has 0 fully saturated rings. The second-order valence-electron chi connectivity index (χ2n) is 10.9. The van der Waals surface area contributed by atoms with Gasteiger partial charge in [0.25, 0.3) is 0 Å². The average molecular weight is 540 g/mol. The van der Waals surface area contributed by atoms with Crippen LogP contribution in [0.2, 0.25) is 0 Å². The lowest BCUT2D eigenvalue weighted by atomic mass is 9.78. The van der Waals surface area contributed by atoms with Crippen molar-refractivity contribution in [2.24, 2.45) is 0 Å². The molecule has 0 radical (unpaired) electrons. The number of rotatable bonds is 8. The summed E-state index contributed by atoms with van der Waals surface area (Å²) in [4.78, 5) is 0. The Morgan fingerprint density at radius 3 is 0.829 bits per heavy atom. The van der Waals surface area contributed by atoms with E-state index in [0.717, 1.165) is 13.1 Å². The predicted octanol–water partition coefficient (Wildman–Crippen LogP) is 9.90. The third kappa shape index (κ3) is 7.23. The summed E-state index contributed by atoms with van der Waals surface area (Å²) in [5.41, 5.74) is 13.4. The van der Waals surface area contributed by atoms with Gasteiger partial charge in [0.15, 0.2) is 0 Å². The summed E-state index contributed by atoms with van der Waals surface area (Å²) in [5, 5.41) is 3.11. The van der Waals surface area contributed by atoms with E-state index in [9.17, 15) is 0 Å². The molecule has 1 heteroatoms. The zero-order valence-electron chi connectivity index (χ0n) is 25.6. The molecule has 1 nitrogen and oxygen atoms in total. The van der Waals surface area contributed by atoms with Gasteiger partial charge in [-0.1, -0.05) is 135 Å². The molecule has 0 amide bonds. The lowest BCUT2D eigenvalue weighted by Gasteiger charge is -2.25. The summed E-state index contributed by atoms with van der Waals surface area (Å²) in [6.07, 6.45) is 0. The van der Waals surface area contributed by atoms with Gasteiger partial charge >= 0.3 is 0 Å². The van der Waals surface area contributed by atoms with Gasteiger partial charge in [-0.15, -0.1) is 0 Å². The van der Waals surface area contributed by atoms with Crippen molar-refractivity contribution in [3.8, 4) is 0 Å². The van der Waals surface area contributed by atoms with Crippen LogP contribution in [0.4, 0.5) is 0 Å². The Morgan fingerprint density at radius 1 is 0.390 bits per heavy atom. The highest BCUT2D eigenvalue weighted by Crippen LogP contribution is 2.39. The van der Waals surface area contributed by atoms with E-state index < -0.39 is 0 Å². The molecule has 5 rings (SSSR count). The van der Waals surface area contributed by atoms with Crippen LogP contribution in [0.5, 0.6) is 0 Å². The molecule has 0 aliphatic carbocycles. The first-order chi connectivity index (χ1) is 20.0. The van der Waals surface area contributed by atoms with Gasteiger partial charge in [-0.25, -0.2) is 0 Å². The molecule has 0 saturated carbocycles. The van der Waals surface area contributed by atoms with Crippen LogP contribution in [0.1, 0.15) is 81.3 Å². The van der Waals surface area contributed by atoms with Crippen molar-refractivity contribution in [2.75, 3.05) is 13.1 Å². The molecule has 41 heavy (non-hydrogen) atoms. The molecule has 0 heterocycles. The molecule has 1 N–H and O–H groups in total. The molecular formula is C40H45N. The van der Waals surface area contributed by atoms with Gasteiger partial charge in [-0.2, -0.15) is 0 Å². The highest BCUT2D eigenvalue weighted by Gasteiger charge is 2.23. The highest BCUT2D eigenvalue weighted by atomic mass is 14.8. The number of nitrogens with one attached hydrogen (secondary N) is 1. The zero-order chi connectivity index (χ0) is 29.2. The van der Waals surface area contributed by atoms with Crippen LogP contribution in [0.15, 0.2) is 121 Å². The average Bonchev–Trinajstić information content (AvgIpc) is 2.99. The van der Waals surface area contributed by atoms with Crippen molar-refractivity contribution in [2.45, 2.75) is 53.4 Å². The van der Waals surface area contributed by atoms with E-state index in [-0.39, 0.29) is 11.8 Å². The maximum Gasteiger partial charge on any atom is 0.0345 e. The van der Waals surface area contributed by atoms with Crippen molar-refractivity contribution in [3.05, 3.63) is 177 Å². The minimum atomic E-state index is 0.205. The van der Waals surface area contributed by atoms with Crippen molar-refractivity contribution in [3.63, 3.8) is 0 Å². The Bertz CT molecular complexity index is 1320. The Balaban J connectivity index is 0.000000714.